The van der Waals surface area contributed by atoms with Crippen molar-refractivity contribution >= 4 is 43.5 Å². The maximum Gasteiger partial charge on any atom is 0.337 e. The van der Waals surface area contributed by atoms with Gasteiger partial charge in [0, 0.05) is 6.54 Å². The van der Waals surface area contributed by atoms with E-state index in [9.17, 15) is 18.0 Å². The van der Waals surface area contributed by atoms with Crippen molar-refractivity contribution in [2.24, 2.45) is 4.99 Å². The van der Waals surface area contributed by atoms with Crippen LogP contribution in [0, 0.1) is 19.3 Å². The molecule has 1 fully saturated rings. The first-order valence-corrected chi connectivity index (χ1v) is 12.8. The van der Waals surface area contributed by atoms with Gasteiger partial charge in [0.25, 0.3) is 5.91 Å². The van der Waals surface area contributed by atoms with Crippen LogP contribution >= 0.6 is 11.3 Å². The monoisotopic (exact) mass is 497 g/mol. The van der Waals surface area contributed by atoms with E-state index in [4.69, 9.17) is 11.2 Å². The van der Waals surface area contributed by atoms with E-state index in [0.29, 0.717) is 27.9 Å². The molecule has 0 radical (unpaired) electrons. The number of methoxy groups -OCH3 is 1. The molecule has 1 aromatic heterocycles. The summed E-state index contributed by atoms with van der Waals surface area (Å²) < 4.78 is 34.8. The molecule has 1 amide bonds. The summed E-state index contributed by atoms with van der Waals surface area (Å²) >= 11 is 1.20. The zero-order chi connectivity index (χ0) is 24.5. The van der Waals surface area contributed by atoms with Crippen molar-refractivity contribution in [1.82, 2.24) is 8.87 Å². The summed E-state index contributed by atoms with van der Waals surface area (Å²) in [6, 6.07) is 10.7. The number of hydrogen-bond acceptors (Lipinski definition) is 6. The van der Waals surface area contributed by atoms with Gasteiger partial charge in [0.15, 0.2) is 4.80 Å². The maximum atomic E-state index is 13.2. The van der Waals surface area contributed by atoms with Crippen molar-refractivity contribution < 1.29 is 22.7 Å². The molecule has 34 heavy (non-hydrogen) atoms. The summed E-state index contributed by atoms with van der Waals surface area (Å²) in [6.07, 6.45) is 6.49. The lowest BCUT2D eigenvalue weighted by molar-refractivity contribution is -0.121. The SMILES string of the molecule is C#CCn1c(=NC(=O)C2CCCN2S(=O)(=O)c2ccc(C)cc2)sc2cc(C(=O)OC)ccc21. The zero-order valence-electron chi connectivity index (χ0n) is 18.7. The van der Waals surface area contributed by atoms with Gasteiger partial charge in [-0.2, -0.15) is 9.30 Å². The van der Waals surface area contributed by atoms with Gasteiger partial charge in [-0.15, -0.1) is 6.42 Å². The Morgan fingerprint density at radius 2 is 1.97 bits per heavy atom. The molecule has 0 N–H and O–H groups in total. The van der Waals surface area contributed by atoms with E-state index >= 15 is 0 Å². The minimum atomic E-state index is -3.84. The van der Waals surface area contributed by atoms with Gasteiger partial charge in [-0.1, -0.05) is 35.0 Å². The Labute approximate surface area is 201 Å². The van der Waals surface area contributed by atoms with Crippen molar-refractivity contribution in [2.45, 2.75) is 37.2 Å². The van der Waals surface area contributed by atoms with Crippen LogP contribution < -0.4 is 4.80 Å². The molecular weight excluding hydrogens is 474 g/mol. The second-order valence-electron chi connectivity index (χ2n) is 7.89. The standard InChI is InChI=1S/C24H23N3O5S2/c1-4-13-26-19-12-9-17(23(29)32-3)15-21(19)33-24(26)25-22(28)20-6-5-14-27(20)34(30,31)18-10-7-16(2)8-11-18/h1,7-12,15,20H,5-6,13-14H2,2-3H3. The minimum Gasteiger partial charge on any atom is -0.465 e. The number of hydrogen-bond donors (Lipinski definition) is 0. The van der Waals surface area contributed by atoms with Crippen LogP contribution in [0.1, 0.15) is 28.8 Å². The van der Waals surface area contributed by atoms with Gasteiger partial charge in [0.1, 0.15) is 6.04 Å². The quantitative estimate of drug-likeness (QED) is 0.399. The number of carbonyl (C=O) groups excluding carboxylic acids is 2. The number of thiazole rings is 1. The van der Waals surface area contributed by atoms with Crippen LogP contribution in [-0.2, 0) is 26.1 Å². The second-order valence-corrected chi connectivity index (χ2v) is 10.8. The smallest absolute Gasteiger partial charge is 0.337 e. The topological polar surface area (TPSA) is 98.0 Å². The minimum absolute atomic E-state index is 0.150. The van der Waals surface area contributed by atoms with Gasteiger partial charge in [-0.25, -0.2) is 13.2 Å². The number of ether oxygens (including phenoxy) is 1. The Kier molecular flexibility index (Phi) is 6.70. The molecule has 2 aromatic carbocycles. The number of amides is 1. The summed E-state index contributed by atoms with van der Waals surface area (Å²) in [6.45, 7) is 2.29. The lowest BCUT2D eigenvalue weighted by Crippen LogP contribution is -2.40. The van der Waals surface area contributed by atoms with E-state index in [1.54, 1.807) is 47.0 Å². The van der Waals surface area contributed by atoms with Gasteiger partial charge in [0.2, 0.25) is 10.0 Å². The number of nitrogens with zero attached hydrogens (tertiary/aromatic N) is 3. The zero-order valence-corrected chi connectivity index (χ0v) is 20.4. The lowest BCUT2D eigenvalue weighted by atomic mass is 10.2. The average molecular weight is 498 g/mol. The highest BCUT2D eigenvalue weighted by molar-refractivity contribution is 7.89. The summed E-state index contributed by atoms with van der Waals surface area (Å²) in [4.78, 5) is 29.9. The fourth-order valence-electron chi connectivity index (χ4n) is 3.94. The number of fused-ring (bicyclic) bond motifs is 1. The number of benzene rings is 2. The van der Waals surface area contributed by atoms with Crippen molar-refractivity contribution in [3.63, 3.8) is 0 Å². The number of esters is 1. The highest BCUT2D eigenvalue weighted by atomic mass is 32.2. The van der Waals surface area contributed by atoms with Gasteiger partial charge in [-0.05, 0) is 50.1 Å². The van der Waals surface area contributed by atoms with Gasteiger partial charge >= 0.3 is 5.97 Å². The molecule has 4 rings (SSSR count). The molecule has 0 spiro atoms. The van der Waals surface area contributed by atoms with E-state index in [-0.39, 0.29) is 18.0 Å². The fraction of sp³-hybridized carbons (Fsp3) is 0.292. The van der Waals surface area contributed by atoms with Crippen LogP contribution in [0.25, 0.3) is 10.2 Å². The van der Waals surface area contributed by atoms with Gasteiger partial charge in [0.05, 0.1) is 34.3 Å². The van der Waals surface area contributed by atoms with Crippen molar-refractivity contribution in [2.75, 3.05) is 13.7 Å². The highest BCUT2D eigenvalue weighted by Crippen LogP contribution is 2.27. The van der Waals surface area contributed by atoms with E-state index in [1.165, 1.54) is 22.8 Å². The molecule has 0 saturated carbocycles. The van der Waals surface area contributed by atoms with Crippen LogP contribution in [0.5, 0.6) is 0 Å². The van der Waals surface area contributed by atoms with E-state index in [0.717, 1.165) is 11.1 Å². The first-order valence-electron chi connectivity index (χ1n) is 10.6. The first kappa shape index (κ1) is 23.9. The molecule has 2 heterocycles. The Balaban J connectivity index is 1.73. The second kappa shape index (κ2) is 9.54. The highest BCUT2D eigenvalue weighted by Gasteiger charge is 2.39. The number of sulfonamides is 1. The van der Waals surface area contributed by atoms with E-state index < -0.39 is 27.9 Å². The molecule has 1 atom stereocenters. The molecule has 10 heteroatoms. The third-order valence-electron chi connectivity index (χ3n) is 5.68. The molecule has 0 bridgehead atoms. The molecule has 1 aliphatic rings. The Bertz CT molecular complexity index is 1480. The largest absolute Gasteiger partial charge is 0.465 e. The Morgan fingerprint density at radius 1 is 1.24 bits per heavy atom. The molecule has 3 aromatic rings. The molecule has 1 saturated heterocycles. The number of aromatic nitrogens is 1. The average Bonchev–Trinajstić information content (AvgIpc) is 3.45. The molecule has 176 valence electrons. The molecule has 1 unspecified atom stereocenters. The third-order valence-corrected chi connectivity index (χ3v) is 8.64. The summed E-state index contributed by atoms with van der Waals surface area (Å²) in [5, 5.41) is 0. The maximum absolute atomic E-state index is 13.2. The number of aryl methyl sites for hydroxylation is 1. The van der Waals surface area contributed by atoms with E-state index in [1.807, 2.05) is 6.92 Å². The van der Waals surface area contributed by atoms with E-state index in [2.05, 4.69) is 10.9 Å². The van der Waals surface area contributed by atoms with Gasteiger partial charge in [-0.3, -0.25) is 4.79 Å². The van der Waals surface area contributed by atoms with Crippen LogP contribution in [0.2, 0.25) is 0 Å². The van der Waals surface area contributed by atoms with Crippen molar-refractivity contribution in [3.8, 4) is 12.3 Å². The normalized spacial score (nSPS) is 17.1. The summed E-state index contributed by atoms with van der Waals surface area (Å²) in [5.41, 5.74) is 2.03. The number of rotatable bonds is 5. The Morgan fingerprint density at radius 3 is 2.65 bits per heavy atom. The summed E-state index contributed by atoms with van der Waals surface area (Å²) in [7, 11) is -2.54. The third kappa shape index (κ3) is 4.42. The first-order chi connectivity index (χ1) is 16.3. The van der Waals surface area contributed by atoms with Crippen LogP contribution in [0.15, 0.2) is 52.4 Å². The molecular formula is C24H23N3O5S2. The lowest BCUT2D eigenvalue weighted by Gasteiger charge is -2.21. The molecule has 1 aliphatic heterocycles. The fourth-order valence-corrected chi connectivity index (χ4v) is 6.66. The predicted molar refractivity (Wildman–Crippen MR) is 129 cm³/mol. The molecule has 8 nitrogen and oxygen atoms in total. The summed E-state index contributed by atoms with van der Waals surface area (Å²) in [5.74, 6) is 1.53. The van der Waals surface area contributed by atoms with Crippen molar-refractivity contribution in [1.29, 1.82) is 0 Å². The van der Waals surface area contributed by atoms with Gasteiger partial charge < -0.3 is 9.30 Å². The Hall–Kier alpha value is -3.26. The van der Waals surface area contributed by atoms with Crippen molar-refractivity contribution in [3.05, 3.63) is 58.4 Å². The van der Waals surface area contributed by atoms with Crippen LogP contribution in [0.4, 0.5) is 0 Å². The van der Waals surface area contributed by atoms with Crippen LogP contribution in [-0.4, -0.2) is 48.9 Å². The number of terminal acetylenes is 1. The predicted octanol–water partition coefficient (Wildman–Crippen LogP) is 2.71. The van der Waals surface area contributed by atoms with Crippen LogP contribution in [0.3, 0.4) is 0 Å². The number of carbonyl (C=O) groups is 2. The molecule has 0 aliphatic carbocycles.